The Kier molecular flexibility index (Phi) is 6.67. The van der Waals surface area contributed by atoms with E-state index in [2.05, 4.69) is 5.32 Å². The van der Waals surface area contributed by atoms with E-state index in [9.17, 15) is 9.59 Å². The smallest absolute Gasteiger partial charge is 0.410 e. The van der Waals surface area contributed by atoms with Crippen LogP contribution in [0.3, 0.4) is 0 Å². The number of rotatable bonds is 5. The lowest BCUT2D eigenvalue weighted by Crippen LogP contribution is -2.52. The molecule has 154 valence electrons. The average Bonchev–Trinajstić information content (AvgIpc) is 3.32. The predicted octanol–water partition coefficient (Wildman–Crippen LogP) is 2.05. The summed E-state index contributed by atoms with van der Waals surface area (Å²) in [7, 11) is 0. The first-order valence-corrected chi connectivity index (χ1v) is 9.83. The molecule has 4 rings (SSSR count). The van der Waals surface area contributed by atoms with E-state index in [4.69, 9.17) is 9.47 Å². The van der Waals surface area contributed by atoms with Crippen LogP contribution in [-0.2, 0) is 9.53 Å². The van der Waals surface area contributed by atoms with Crippen molar-refractivity contribution in [3.63, 3.8) is 0 Å². The molecule has 7 nitrogen and oxygen atoms in total. The van der Waals surface area contributed by atoms with Crippen LogP contribution in [0.5, 0.6) is 5.75 Å². The zero-order valence-electron chi connectivity index (χ0n) is 16.0. The van der Waals surface area contributed by atoms with Gasteiger partial charge in [0.15, 0.2) is 0 Å². The van der Waals surface area contributed by atoms with Crippen molar-refractivity contribution in [1.29, 1.82) is 0 Å². The Morgan fingerprint density at radius 2 is 2.00 bits per heavy atom. The van der Waals surface area contributed by atoms with E-state index in [1.807, 2.05) is 35.2 Å². The standard InChI is InChI=1S/C20H27N3O4.ClH/c24-18(17-7-4-10-21-17)22-11-8-20(9-12-22)15-23(19(25)27-20)13-14-26-16-5-2-1-3-6-16;/h1-3,5-6,17,21H,4,7-15H2;1H/t17-;/m0./s1. The van der Waals surface area contributed by atoms with Gasteiger partial charge in [0, 0.05) is 25.9 Å². The topological polar surface area (TPSA) is 71.1 Å². The highest BCUT2D eigenvalue weighted by Crippen LogP contribution is 2.33. The van der Waals surface area contributed by atoms with Gasteiger partial charge in [0.2, 0.25) is 5.91 Å². The number of hydrogen-bond donors (Lipinski definition) is 1. The summed E-state index contributed by atoms with van der Waals surface area (Å²) in [5, 5.41) is 3.27. The van der Waals surface area contributed by atoms with Gasteiger partial charge >= 0.3 is 6.09 Å². The van der Waals surface area contributed by atoms with Crippen molar-refractivity contribution >= 4 is 24.4 Å². The number of hydrogen-bond acceptors (Lipinski definition) is 5. The van der Waals surface area contributed by atoms with Crippen molar-refractivity contribution in [2.75, 3.05) is 39.3 Å². The number of carbonyl (C=O) groups is 2. The van der Waals surface area contributed by atoms with Crippen LogP contribution in [0.1, 0.15) is 25.7 Å². The molecule has 1 aromatic rings. The van der Waals surface area contributed by atoms with Gasteiger partial charge in [0.05, 0.1) is 19.1 Å². The lowest BCUT2D eigenvalue weighted by atomic mass is 9.91. The first kappa shape index (κ1) is 20.7. The maximum Gasteiger partial charge on any atom is 0.410 e. The van der Waals surface area contributed by atoms with E-state index in [-0.39, 0.29) is 30.4 Å². The van der Waals surface area contributed by atoms with Crippen molar-refractivity contribution < 1.29 is 19.1 Å². The van der Waals surface area contributed by atoms with Crippen LogP contribution in [0.4, 0.5) is 4.79 Å². The third-order valence-corrected chi connectivity index (χ3v) is 5.76. The SMILES string of the molecule is Cl.O=C1OC2(CCN(C(=O)[C@@H]3CCCN3)CC2)CN1CCOc1ccccc1. The number of ether oxygens (including phenoxy) is 2. The van der Waals surface area contributed by atoms with E-state index < -0.39 is 5.60 Å². The summed E-state index contributed by atoms with van der Waals surface area (Å²) >= 11 is 0. The molecule has 1 aromatic carbocycles. The van der Waals surface area contributed by atoms with Crippen LogP contribution in [0.15, 0.2) is 30.3 Å². The summed E-state index contributed by atoms with van der Waals surface area (Å²) in [6.45, 7) is 3.74. The molecule has 1 atom stereocenters. The second-order valence-corrected chi connectivity index (χ2v) is 7.61. The van der Waals surface area contributed by atoms with E-state index in [1.54, 1.807) is 4.90 Å². The minimum absolute atomic E-state index is 0. The summed E-state index contributed by atoms with van der Waals surface area (Å²) in [6.07, 6.45) is 3.11. The molecule has 3 aliphatic rings. The normalized spacial score (nSPS) is 23.4. The fraction of sp³-hybridized carbons (Fsp3) is 0.600. The van der Waals surface area contributed by atoms with E-state index >= 15 is 0 Å². The zero-order valence-corrected chi connectivity index (χ0v) is 16.8. The molecule has 28 heavy (non-hydrogen) atoms. The van der Waals surface area contributed by atoms with Gasteiger partial charge < -0.3 is 24.6 Å². The number of benzene rings is 1. The van der Waals surface area contributed by atoms with Crippen LogP contribution in [0.2, 0.25) is 0 Å². The lowest BCUT2D eigenvalue weighted by molar-refractivity contribution is -0.136. The fourth-order valence-electron chi connectivity index (χ4n) is 4.17. The Balaban J connectivity index is 0.00000225. The van der Waals surface area contributed by atoms with Gasteiger partial charge in [-0.1, -0.05) is 18.2 Å². The van der Waals surface area contributed by atoms with Crippen LogP contribution in [-0.4, -0.2) is 72.8 Å². The zero-order chi connectivity index (χ0) is 18.7. The quantitative estimate of drug-likeness (QED) is 0.805. The van der Waals surface area contributed by atoms with Crippen LogP contribution in [0.25, 0.3) is 0 Å². The van der Waals surface area contributed by atoms with E-state index in [0.29, 0.717) is 45.6 Å². The van der Waals surface area contributed by atoms with Gasteiger partial charge in [0.1, 0.15) is 18.0 Å². The second-order valence-electron chi connectivity index (χ2n) is 7.61. The molecule has 3 aliphatic heterocycles. The molecule has 0 bridgehead atoms. The molecule has 3 saturated heterocycles. The van der Waals surface area contributed by atoms with E-state index in [0.717, 1.165) is 25.1 Å². The fourth-order valence-corrected chi connectivity index (χ4v) is 4.17. The highest BCUT2D eigenvalue weighted by atomic mass is 35.5. The Morgan fingerprint density at radius 1 is 1.25 bits per heavy atom. The summed E-state index contributed by atoms with van der Waals surface area (Å²) in [4.78, 5) is 28.5. The molecule has 0 aromatic heterocycles. The number of likely N-dealkylation sites (tertiary alicyclic amines) is 1. The van der Waals surface area contributed by atoms with Crippen LogP contribution >= 0.6 is 12.4 Å². The van der Waals surface area contributed by atoms with Crippen LogP contribution in [0, 0.1) is 0 Å². The summed E-state index contributed by atoms with van der Waals surface area (Å²) < 4.78 is 11.4. The van der Waals surface area contributed by atoms with Crippen molar-refractivity contribution in [3.8, 4) is 5.75 Å². The summed E-state index contributed by atoms with van der Waals surface area (Å²) in [6, 6.07) is 9.55. The number of piperidine rings is 1. The summed E-state index contributed by atoms with van der Waals surface area (Å²) in [5.41, 5.74) is -0.455. The minimum Gasteiger partial charge on any atom is -0.492 e. The molecular formula is C20H28ClN3O4. The first-order chi connectivity index (χ1) is 13.2. The molecule has 0 radical (unpaired) electrons. The number of nitrogens with zero attached hydrogens (tertiary/aromatic N) is 2. The third-order valence-electron chi connectivity index (χ3n) is 5.76. The van der Waals surface area contributed by atoms with Gasteiger partial charge in [0.25, 0.3) is 0 Å². The second kappa shape index (κ2) is 9.01. The maximum absolute atomic E-state index is 12.5. The van der Waals surface area contributed by atoms with Crippen molar-refractivity contribution in [2.24, 2.45) is 0 Å². The molecular weight excluding hydrogens is 382 g/mol. The molecule has 1 N–H and O–H groups in total. The number of carbonyl (C=O) groups excluding carboxylic acids is 2. The van der Waals surface area contributed by atoms with Gasteiger partial charge in [-0.05, 0) is 31.5 Å². The maximum atomic E-state index is 12.5. The molecule has 0 saturated carbocycles. The Bertz CT molecular complexity index is 673. The Labute approximate surface area is 171 Å². The number of amides is 2. The monoisotopic (exact) mass is 409 g/mol. The third kappa shape index (κ3) is 4.52. The first-order valence-electron chi connectivity index (χ1n) is 9.83. The molecule has 2 amide bonds. The number of para-hydroxylation sites is 1. The van der Waals surface area contributed by atoms with Crippen molar-refractivity contribution in [3.05, 3.63) is 30.3 Å². The average molecular weight is 410 g/mol. The highest BCUT2D eigenvalue weighted by Gasteiger charge is 2.47. The Morgan fingerprint density at radius 3 is 2.68 bits per heavy atom. The van der Waals surface area contributed by atoms with E-state index in [1.165, 1.54) is 0 Å². The number of nitrogens with one attached hydrogen (secondary N) is 1. The van der Waals surface area contributed by atoms with Crippen molar-refractivity contribution in [1.82, 2.24) is 15.1 Å². The van der Waals surface area contributed by atoms with Gasteiger partial charge in [-0.15, -0.1) is 12.4 Å². The summed E-state index contributed by atoms with van der Waals surface area (Å²) in [5.74, 6) is 0.993. The predicted molar refractivity (Wildman–Crippen MR) is 107 cm³/mol. The van der Waals surface area contributed by atoms with Crippen LogP contribution < -0.4 is 10.1 Å². The largest absolute Gasteiger partial charge is 0.492 e. The molecule has 0 unspecified atom stereocenters. The molecule has 3 fully saturated rings. The molecule has 1 spiro atoms. The van der Waals surface area contributed by atoms with Gasteiger partial charge in [-0.2, -0.15) is 0 Å². The molecule has 0 aliphatic carbocycles. The number of halogens is 1. The van der Waals surface area contributed by atoms with Gasteiger partial charge in [-0.3, -0.25) is 4.79 Å². The van der Waals surface area contributed by atoms with Gasteiger partial charge in [-0.25, -0.2) is 4.79 Å². The Hall–Kier alpha value is -1.99. The van der Waals surface area contributed by atoms with Crippen molar-refractivity contribution in [2.45, 2.75) is 37.3 Å². The minimum atomic E-state index is -0.455. The lowest BCUT2D eigenvalue weighted by Gasteiger charge is -2.38. The molecule has 3 heterocycles. The highest BCUT2D eigenvalue weighted by molar-refractivity contribution is 5.85. The molecule has 8 heteroatoms.